The Hall–Kier alpha value is -1.33. The molecule has 1 heterocycles. The maximum Gasteiger partial charge on any atom is 0.134 e. The molecule has 0 spiro atoms. The van der Waals surface area contributed by atoms with Gasteiger partial charge in [-0.1, -0.05) is 23.7 Å². The predicted molar refractivity (Wildman–Crippen MR) is 85.4 cm³/mol. The summed E-state index contributed by atoms with van der Waals surface area (Å²) in [5.74, 6) is 1.74. The van der Waals surface area contributed by atoms with Gasteiger partial charge in [0.25, 0.3) is 0 Å². The highest BCUT2D eigenvalue weighted by atomic mass is 35.5. The van der Waals surface area contributed by atoms with Crippen LogP contribution in [0.25, 0.3) is 11.3 Å². The van der Waals surface area contributed by atoms with Gasteiger partial charge in [-0.15, -0.1) is 0 Å². The second-order valence-electron chi connectivity index (χ2n) is 4.78. The summed E-state index contributed by atoms with van der Waals surface area (Å²) in [7, 11) is 0. The number of rotatable bonds is 9. The van der Waals surface area contributed by atoms with Crippen molar-refractivity contribution in [2.75, 3.05) is 26.2 Å². The molecule has 0 aliphatic rings. The molecule has 4 nitrogen and oxygen atoms in total. The monoisotopic (exact) mass is 308 g/mol. The van der Waals surface area contributed by atoms with Gasteiger partial charge in [0.1, 0.15) is 11.5 Å². The first-order chi connectivity index (χ1) is 10.3. The number of furan rings is 1. The van der Waals surface area contributed by atoms with Crippen LogP contribution in [0.5, 0.6) is 0 Å². The van der Waals surface area contributed by atoms with Crippen molar-refractivity contribution in [2.24, 2.45) is 0 Å². The Morgan fingerprint density at radius 2 is 1.90 bits per heavy atom. The van der Waals surface area contributed by atoms with Crippen molar-refractivity contribution >= 4 is 11.6 Å². The van der Waals surface area contributed by atoms with Crippen molar-refractivity contribution in [1.82, 2.24) is 10.6 Å². The lowest BCUT2D eigenvalue weighted by atomic mass is 10.2. The molecule has 5 heteroatoms. The van der Waals surface area contributed by atoms with E-state index in [1.54, 1.807) is 0 Å². The number of nitrogens with one attached hydrogen (secondary N) is 2. The van der Waals surface area contributed by atoms with Crippen LogP contribution in [0.2, 0.25) is 5.02 Å². The number of hydrogen-bond donors (Lipinski definition) is 3. The van der Waals surface area contributed by atoms with E-state index in [0.717, 1.165) is 36.6 Å². The van der Waals surface area contributed by atoms with Crippen LogP contribution in [0.1, 0.15) is 12.2 Å². The van der Waals surface area contributed by atoms with Crippen molar-refractivity contribution in [3.05, 3.63) is 47.2 Å². The lowest BCUT2D eigenvalue weighted by Gasteiger charge is -2.04. The molecular weight excluding hydrogens is 288 g/mol. The van der Waals surface area contributed by atoms with Gasteiger partial charge in [0.15, 0.2) is 0 Å². The molecule has 114 valence electrons. The third-order valence-electron chi connectivity index (χ3n) is 3.07. The first-order valence-corrected chi connectivity index (χ1v) is 7.54. The summed E-state index contributed by atoms with van der Waals surface area (Å²) in [6.45, 7) is 3.36. The second-order valence-corrected chi connectivity index (χ2v) is 5.22. The summed E-state index contributed by atoms with van der Waals surface area (Å²) in [4.78, 5) is 0. The molecule has 0 unspecified atom stereocenters. The first-order valence-electron chi connectivity index (χ1n) is 7.16. The van der Waals surface area contributed by atoms with Crippen molar-refractivity contribution in [3.63, 3.8) is 0 Å². The number of aliphatic hydroxyl groups excluding tert-OH is 1. The number of hydrogen-bond acceptors (Lipinski definition) is 4. The van der Waals surface area contributed by atoms with Gasteiger partial charge in [-0.25, -0.2) is 0 Å². The highest BCUT2D eigenvalue weighted by Crippen LogP contribution is 2.24. The fraction of sp³-hybridized carbons (Fsp3) is 0.375. The minimum absolute atomic E-state index is 0.187. The molecule has 0 saturated carbocycles. The standard InChI is InChI=1S/C16H21ClN2O2/c17-14-4-1-3-13(11-14)16-6-5-15(21-16)12-19-8-2-7-18-9-10-20/h1,3-6,11,18-20H,2,7-10,12H2. The molecule has 0 radical (unpaired) electrons. The molecule has 0 saturated heterocycles. The van der Waals surface area contributed by atoms with Crippen LogP contribution < -0.4 is 10.6 Å². The summed E-state index contributed by atoms with van der Waals surface area (Å²) in [5.41, 5.74) is 0.988. The largest absolute Gasteiger partial charge is 0.460 e. The van der Waals surface area contributed by atoms with Gasteiger partial charge in [-0.3, -0.25) is 0 Å². The Morgan fingerprint density at radius 1 is 1.05 bits per heavy atom. The van der Waals surface area contributed by atoms with Crippen LogP contribution in [-0.4, -0.2) is 31.3 Å². The summed E-state index contributed by atoms with van der Waals surface area (Å²) < 4.78 is 5.80. The predicted octanol–water partition coefficient (Wildman–Crippen LogP) is 2.66. The van der Waals surface area contributed by atoms with Crippen molar-refractivity contribution in [3.8, 4) is 11.3 Å². The Balaban J connectivity index is 1.73. The van der Waals surface area contributed by atoms with Crippen molar-refractivity contribution in [2.45, 2.75) is 13.0 Å². The van der Waals surface area contributed by atoms with E-state index in [1.807, 2.05) is 36.4 Å². The van der Waals surface area contributed by atoms with Crippen LogP contribution in [0.15, 0.2) is 40.8 Å². The lowest BCUT2D eigenvalue weighted by Crippen LogP contribution is -2.23. The maximum absolute atomic E-state index is 8.63. The summed E-state index contributed by atoms with van der Waals surface area (Å²) in [6.07, 6.45) is 1.02. The molecule has 0 amide bonds. The highest BCUT2D eigenvalue weighted by molar-refractivity contribution is 6.30. The summed E-state index contributed by atoms with van der Waals surface area (Å²) >= 11 is 5.98. The zero-order chi connectivity index (χ0) is 14.9. The quantitative estimate of drug-likeness (QED) is 0.623. The lowest BCUT2D eigenvalue weighted by molar-refractivity contribution is 0.292. The van der Waals surface area contributed by atoms with E-state index in [2.05, 4.69) is 10.6 Å². The Kier molecular flexibility index (Phi) is 6.76. The molecule has 2 aromatic rings. The highest BCUT2D eigenvalue weighted by Gasteiger charge is 2.04. The van der Waals surface area contributed by atoms with E-state index < -0.39 is 0 Å². The molecule has 1 aromatic heterocycles. The van der Waals surface area contributed by atoms with E-state index in [9.17, 15) is 0 Å². The average Bonchev–Trinajstić information content (AvgIpc) is 2.95. The minimum Gasteiger partial charge on any atom is -0.460 e. The third kappa shape index (κ3) is 5.52. The molecule has 0 fully saturated rings. The normalized spacial score (nSPS) is 11.0. The van der Waals surface area contributed by atoms with Crippen LogP contribution in [0.4, 0.5) is 0 Å². The SMILES string of the molecule is OCCNCCCNCc1ccc(-c2cccc(Cl)c2)o1. The zero-order valence-corrected chi connectivity index (χ0v) is 12.7. The van der Waals surface area contributed by atoms with Gasteiger partial charge >= 0.3 is 0 Å². The first kappa shape index (κ1) is 16.0. The Labute approximate surface area is 130 Å². The topological polar surface area (TPSA) is 57.4 Å². The van der Waals surface area contributed by atoms with E-state index >= 15 is 0 Å². The van der Waals surface area contributed by atoms with Crippen molar-refractivity contribution < 1.29 is 9.52 Å². The second kappa shape index (κ2) is 8.85. The molecule has 0 aliphatic heterocycles. The molecular formula is C16H21ClN2O2. The van der Waals surface area contributed by atoms with Crippen LogP contribution in [-0.2, 0) is 6.54 Å². The fourth-order valence-electron chi connectivity index (χ4n) is 2.02. The van der Waals surface area contributed by atoms with Gasteiger partial charge in [0.05, 0.1) is 13.2 Å². The van der Waals surface area contributed by atoms with E-state index in [-0.39, 0.29) is 6.61 Å². The Bertz CT molecular complexity index is 543. The maximum atomic E-state index is 8.63. The number of halogens is 1. The molecule has 0 bridgehead atoms. The molecule has 21 heavy (non-hydrogen) atoms. The van der Waals surface area contributed by atoms with Crippen LogP contribution >= 0.6 is 11.6 Å². The van der Waals surface area contributed by atoms with E-state index in [0.29, 0.717) is 18.1 Å². The average molecular weight is 309 g/mol. The molecule has 0 aliphatic carbocycles. The van der Waals surface area contributed by atoms with Gasteiger partial charge in [0, 0.05) is 17.1 Å². The van der Waals surface area contributed by atoms with Crippen molar-refractivity contribution in [1.29, 1.82) is 0 Å². The smallest absolute Gasteiger partial charge is 0.134 e. The third-order valence-corrected chi connectivity index (χ3v) is 3.30. The zero-order valence-electron chi connectivity index (χ0n) is 11.9. The minimum atomic E-state index is 0.187. The van der Waals surface area contributed by atoms with Gasteiger partial charge in [-0.05, 0) is 43.8 Å². The van der Waals surface area contributed by atoms with Crippen LogP contribution in [0, 0.1) is 0 Å². The number of benzene rings is 1. The van der Waals surface area contributed by atoms with E-state index in [4.69, 9.17) is 21.1 Å². The molecule has 2 rings (SSSR count). The molecule has 3 N–H and O–H groups in total. The van der Waals surface area contributed by atoms with Gasteiger partial charge in [0.2, 0.25) is 0 Å². The fourth-order valence-corrected chi connectivity index (χ4v) is 2.21. The van der Waals surface area contributed by atoms with Gasteiger partial charge in [-0.2, -0.15) is 0 Å². The van der Waals surface area contributed by atoms with Crippen LogP contribution in [0.3, 0.4) is 0 Å². The Morgan fingerprint density at radius 3 is 2.71 bits per heavy atom. The molecule has 1 aromatic carbocycles. The number of aliphatic hydroxyl groups is 1. The molecule has 0 atom stereocenters. The van der Waals surface area contributed by atoms with E-state index in [1.165, 1.54) is 0 Å². The summed E-state index contributed by atoms with van der Waals surface area (Å²) in [6, 6.07) is 11.6. The van der Waals surface area contributed by atoms with Gasteiger partial charge < -0.3 is 20.2 Å². The summed E-state index contributed by atoms with van der Waals surface area (Å²) in [5, 5.41) is 15.8.